The molecule has 0 aromatic carbocycles. The van der Waals surface area contributed by atoms with Gasteiger partial charge in [0.25, 0.3) is 0 Å². The van der Waals surface area contributed by atoms with Gasteiger partial charge in [-0.1, -0.05) is 0 Å². The van der Waals surface area contributed by atoms with Crippen LogP contribution in [0.2, 0.25) is 0 Å². The zero-order valence-corrected chi connectivity index (χ0v) is 12.6. The van der Waals surface area contributed by atoms with E-state index in [0.717, 1.165) is 32.2 Å². The fourth-order valence-corrected chi connectivity index (χ4v) is 2.57. The normalized spacial score (nSPS) is 18.8. The molecule has 1 aromatic rings. The van der Waals surface area contributed by atoms with Gasteiger partial charge >= 0.3 is 0 Å². The Morgan fingerprint density at radius 2 is 2.30 bits per heavy atom. The predicted molar refractivity (Wildman–Crippen MR) is 78.3 cm³/mol. The summed E-state index contributed by atoms with van der Waals surface area (Å²) in [5.74, 6) is 1.39. The molecule has 0 radical (unpaired) electrons. The summed E-state index contributed by atoms with van der Waals surface area (Å²) in [6.45, 7) is 3.72. The number of nitrogens with zero attached hydrogens (tertiary/aromatic N) is 4. The molecule has 112 valence electrons. The van der Waals surface area contributed by atoms with Gasteiger partial charge in [0, 0.05) is 45.0 Å². The lowest BCUT2D eigenvalue weighted by Gasteiger charge is -2.28. The van der Waals surface area contributed by atoms with Gasteiger partial charge in [0.1, 0.15) is 0 Å². The first-order chi connectivity index (χ1) is 9.74. The quantitative estimate of drug-likeness (QED) is 0.743. The highest BCUT2D eigenvalue weighted by Gasteiger charge is 2.27. The molecular formula is C14H24N4O2. The molecule has 1 atom stereocenters. The molecule has 1 aliphatic heterocycles. The topological polar surface area (TPSA) is 50.7 Å². The van der Waals surface area contributed by atoms with Gasteiger partial charge < -0.3 is 19.3 Å². The van der Waals surface area contributed by atoms with Crippen molar-refractivity contribution in [2.45, 2.75) is 18.9 Å². The highest BCUT2D eigenvalue weighted by molar-refractivity contribution is 5.35. The van der Waals surface area contributed by atoms with Crippen LogP contribution in [0.15, 0.2) is 12.3 Å². The number of anilines is 1. The summed E-state index contributed by atoms with van der Waals surface area (Å²) in [4.78, 5) is 13.4. The summed E-state index contributed by atoms with van der Waals surface area (Å²) in [5, 5.41) is 0. The van der Waals surface area contributed by atoms with E-state index in [9.17, 15) is 0 Å². The molecule has 0 unspecified atom stereocenters. The monoisotopic (exact) mass is 280 g/mol. The van der Waals surface area contributed by atoms with E-state index in [-0.39, 0.29) is 0 Å². The highest BCUT2D eigenvalue weighted by Crippen LogP contribution is 2.23. The molecule has 20 heavy (non-hydrogen) atoms. The molecule has 1 fully saturated rings. The number of methoxy groups -OCH3 is 2. The van der Waals surface area contributed by atoms with Gasteiger partial charge in [-0.15, -0.1) is 0 Å². The van der Waals surface area contributed by atoms with Crippen LogP contribution in [0.25, 0.3) is 0 Å². The second-order valence-electron chi connectivity index (χ2n) is 5.14. The molecule has 1 aromatic heterocycles. The molecule has 2 heterocycles. The smallest absolute Gasteiger partial charge is 0.228 e. The van der Waals surface area contributed by atoms with Crippen molar-refractivity contribution >= 4 is 5.95 Å². The second-order valence-corrected chi connectivity index (χ2v) is 5.14. The standard InChI is InChI=1S/C14H24N4O2/c1-17(9-10-19-2)11-12-5-4-8-18(12)14-15-7-6-13(16-14)20-3/h6-7,12H,4-5,8-11H2,1-3H3/t12-/m1/s1. The Kier molecular flexibility index (Phi) is 5.55. The Morgan fingerprint density at radius 1 is 1.45 bits per heavy atom. The lowest BCUT2D eigenvalue weighted by molar-refractivity contribution is 0.158. The van der Waals surface area contributed by atoms with Crippen molar-refractivity contribution < 1.29 is 9.47 Å². The lowest BCUT2D eigenvalue weighted by Crippen LogP contribution is -2.40. The van der Waals surface area contributed by atoms with Crippen LogP contribution in [-0.4, -0.2) is 68.4 Å². The fraction of sp³-hybridized carbons (Fsp3) is 0.714. The minimum absolute atomic E-state index is 0.462. The molecule has 1 aliphatic rings. The van der Waals surface area contributed by atoms with Gasteiger partial charge in [-0.3, -0.25) is 0 Å². The van der Waals surface area contributed by atoms with Crippen LogP contribution in [0, 0.1) is 0 Å². The minimum Gasteiger partial charge on any atom is -0.481 e. The third-order valence-electron chi connectivity index (χ3n) is 3.66. The zero-order chi connectivity index (χ0) is 14.4. The van der Waals surface area contributed by atoms with Gasteiger partial charge in [-0.2, -0.15) is 4.98 Å². The SMILES string of the molecule is COCCN(C)C[C@H]1CCCN1c1nccc(OC)n1. The Bertz CT molecular complexity index is 416. The molecular weight excluding hydrogens is 256 g/mol. The number of likely N-dealkylation sites (N-methyl/N-ethyl adjacent to an activating group) is 1. The van der Waals surface area contributed by atoms with Crippen LogP contribution in [0.5, 0.6) is 5.88 Å². The fourth-order valence-electron chi connectivity index (χ4n) is 2.57. The van der Waals surface area contributed by atoms with E-state index in [1.807, 2.05) is 0 Å². The average Bonchev–Trinajstić information content (AvgIpc) is 2.93. The molecule has 0 bridgehead atoms. The van der Waals surface area contributed by atoms with E-state index in [1.165, 1.54) is 12.8 Å². The maximum absolute atomic E-state index is 5.18. The average molecular weight is 280 g/mol. The Balaban J connectivity index is 1.99. The van der Waals surface area contributed by atoms with E-state index in [0.29, 0.717) is 11.9 Å². The van der Waals surface area contributed by atoms with E-state index in [2.05, 4.69) is 26.8 Å². The molecule has 0 aliphatic carbocycles. The van der Waals surface area contributed by atoms with Crippen molar-refractivity contribution in [2.24, 2.45) is 0 Å². The predicted octanol–water partition coefficient (Wildman–Crippen LogP) is 1.03. The second kappa shape index (κ2) is 7.40. The summed E-state index contributed by atoms with van der Waals surface area (Å²) >= 11 is 0. The molecule has 6 heteroatoms. The summed E-state index contributed by atoms with van der Waals surface area (Å²) in [5.41, 5.74) is 0. The maximum atomic E-state index is 5.18. The van der Waals surface area contributed by atoms with Gasteiger partial charge in [0.15, 0.2) is 0 Å². The summed E-state index contributed by atoms with van der Waals surface area (Å²) in [6, 6.07) is 2.24. The van der Waals surface area contributed by atoms with Crippen molar-refractivity contribution in [3.05, 3.63) is 12.3 Å². The molecule has 0 saturated carbocycles. The minimum atomic E-state index is 0.462. The molecule has 6 nitrogen and oxygen atoms in total. The number of ether oxygens (including phenoxy) is 2. The van der Waals surface area contributed by atoms with Crippen LogP contribution in [-0.2, 0) is 4.74 Å². The van der Waals surface area contributed by atoms with Crippen LogP contribution in [0.3, 0.4) is 0 Å². The molecule has 1 saturated heterocycles. The lowest BCUT2D eigenvalue weighted by atomic mass is 10.2. The maximum Gasteiger partial charge on any atom is 0.228 e. The summed E-state index contributed by atoms with van der Waals surface area (Å²) < 4.78 is 10.3. The molecule has 0 amide bonds. The van der Waals surface area contributed by atoms with Gasteiger partial charge in [-0.25, -0.2) is 4.98 Å². The van der Waals surface area contributed by atoms with Crippen LogP contribution < -0.4 is 9.64 Å². The number of hydrogen-bond donors (Lipinski definition) is 0. The first-order valence-corrected chi connectivity index (χ1v) is 7.05. The largest absolute Gasteiger partial charge is 0.481 e. The van der Waals surface area contributed by atoms with Crippen molar-refractivity contribution in [3.8, 4) is 5.88 Å². The van der Waals surface area contributed by atoms with Crippen molar-refractivity contribution in [1.82, 2.24) is 14.9 Å². The van der Waals surface area contributed by atoms with E-state index in [4.69, 9.17) is 9.47 Å². The number of hydrogen-bond acceptors (Lipinski definition) is 6. The third-order valence-corrected chi connectivity index (χ3v) is 3.66. The zero-order valence-electron chi connectivity index (χ0n) is 12.6. The Hall–Kier alpha value is -1.40. The number of aromatic nitrogens is 2. The van der Waals surface area contributed by atoms with E-state index in [1.54, 1.807) is 26.5 Å². The van der Waals surface area contributed by atoms with Crippen LogP contribution >= 0.6 is 0 Å². The summed E-state index contributed by atoms with van der Waals surface area (Å²) in [7, 11) is 5.49. The van der Waals surface area contributed by atoms with Crippen molar-refractivity contribution in [3.63, 3.8) is 0 Å². The van der Waals surface area contributed by atoms with Gasteiger partial charge in [0.2, 0.25) is 11.8 Å². The molecule has 0 N–H and O–H groups in total. The van der Waals surface area contributed by atoms with E-state index < -0.39 is 0 Å². The van der Waals surface area contributed by atoms with Gasteiger partial charge in [-0.05, 0) is 19.9 Å². The first kappa shape index (κ1) is 15.0. The van der Waals surface area contributed by atoms with Crippen molar-refractivity contribution in [1.29, 1.82) is 0 Å². The Labute approximate surface area is 120 Å². The van der Waals surface area contributed by atoms with E-state index >= 15 is 0 Å². The van der Waals surface area contributed by atoms with Crippen LogP contribution in [0.4, 0.5) is 5.95 Å². The van der Waals surface area contributed by atoms with Crippen LogP contribution in [0.1, 0.15) is 12.8 Å². The molecule has 0 spiro atoms. The number of rotatable bonds is 7. The van der Waals surface area contributed by atoms with Crippen molar-refractivity contribution in [2.75, 3.05) is 52.4 Å². The third kappa shape index (κ3) is 3.80. The van der Waals surface area contributed by atoms with Gasteiger partial charge in [0.05, 0.1) is 13.7 Å². The summed E-state index contributed by atoms with van der Waals surface area (Å²) in [6.07, 6.45) is 4.12. The molecule has 2 rings (SSSR count). The highest BCUT2D eigenvalue weighted by atomic mass is 16.5. The Morgan fingerprint density at radius 3 is 3.05 bits per heavy atom. The first-order valence-electron chi connectivity index (χ1n) is 7.05.